The molecule has 1 rings (SSSR count). The molecule has 2 atom stereocenters. The van der Waals surface area contributed by atoms with Crippen LogP contribution in [0.5, 0.6) is 0 Å². The first-order valence-electron chi connectivity index (χ1n) is 5.41. The van der Waals surface area contributed by atoms with Gasteiger partial charge in [0.15, 0.2) is 0 Å². The third kappa shape index (κ3) is 1.46. The number of nitrogens with one attached hydrogen (secondary N) is 1. The second kappa shape index (κ2) is 2.46. The van der Waals surface area contributed by atoms with E-state index in [-0.39, 0.29) is 0 Å². The van der Waals surface area contributed by atoms with E-state index >= 15 is 0 Å². The minimum Gasteiger partial charge on any atom is -0.373 e. The molecule has 48 valence electrons. The van der Waals surface area contributed by atoms with Crippen molar-refractivity contribution in [1.82, 2.24) is 5.32 Å². The van der Waals surface area contributed by atoms with Crippen LogP contribution in [0.25, 0.3) is 0 Å². The lowest BCUT2D eigenvalue weighted by atomic mass is 10.3. The van der Waals surface area contributed by atoms with Crippen LogP contribution in [0.4, 0.5) is 0 Å². The Balaban J connectivity index is 3.07. The molecular formula is C6H13NO. The summed E-state index contributed by atoms with van der Waals surface area (Å²) in [6.45, 7) is -2.36. The van der Waals surface area contributed by atoms with Crippen LogP contribution in [-0.4, -0.2) is 25.2 Å². The molecule has 1 aliphatic rings. The minimum absolute atomic E-state index is 1.15. The SMILES string of the molecule is [2H]C1([2H])NC([2H])([2H])C([2H])(C)OC1([2H])C. The number of ether oxygens (including phenoxy) is 1. The highest BCUT2D eigenvalue weighted by Crippen LogP contribution is 2.00. The molecule has 0 aromatic rings. The summed E-state index contributed by atoms with van der Waals surface area (Å²) >= 11 is 0. The molecule has 0 saturated carbocycles. The predicted octanol–water partition coefficient (Wildman–Crippen LogP) is 0.383. The number of hydrogen-bond donors (Lipinski definition) is 1. The van der Waals surface area contributed by atoms with Gasteiger partial charge < -0.3 is 10.1 Å². The fourth-order valence-corrected chi connectivity index (χ4v) is 0.488. The molecule has 1 N–H and O–H groups in total. The van der Waals surface area contributed by atoms with Crippen molar-refractivity contribution < 1.29 is 13.0 Å². The Morgan fingerprint density at radius 1 is 1.62 bits per heavy atom. The first-order chi connectivity index (χ1) is 5.91. The molecule has 2 nitrogen and oxygen atoms in total. The summed E-state index contributed by atoms with van der Waals surface area (Å²) in [5, 5.41) is 1.98. The molecule has 0 aromatic carbocycles. The van der Waals surface area contributed by atoms with Crippen LogP contribution in [0.15, 0.2) is 0 Å². The molecule has 0 bridgehead atoms. The van der Waals surface area contributed by atoms with E-state index < -0.39 is 25.2 Å². The zero-order valence-corrected chi connectivity index (χ0v) is 4.91. The lowest BCUT2D eigenvalue weighted by Gasteiger charge is -2.25. The fourth-order valence-electron chi connectivity index (χ4n) is 0.488. The van der Waals surface area contributed by atoms with E-state index in [1.165, 1.54) is 0 Å². The molecule has 0 aliphatic carbocycles. The Morgan fingerprint density at radius 3 is 2.50 bits per heavy atom. The van der Waals surface area contributed by atoms with Crippen molar-refractivity contribution >= 4 is 0 Å². The van der Waals surface area contributed by atoms with Crippen LogP contribution in [0, 0.1) is 0 Å². The van der Waals surface area contributed by atoms with Crippen LogP contribution in [0.3, 0.4) is 0 Å². The van der Waals surface area contributed by atoms with Crippen LogP contribution >= 0.6 is 0 Å². The molecule has 0 spiro atoms. The molecule has 1 fully saturated rings. The summed E-state index contributed by atoms with van der Waals surface area (Å²) in [6.07, 6.45) is -3.98. The number of hydrogen-bond acceptors (Lipinski definition) is 2. The topological polar surface area (TPSA) is 21.3 Å². The van der Waals surface area contributed by atoms with Crippen molar-refractivity contribution in [2.75, 3.05) is 13.0 Å². The van der Waals surface area contributed by atoms with Crippen LogP contribution in [-0.2, 0) is 4.74 Å². The van der Waals surface area contributed by atoms with Gasteiger partial charge in [-0.25, -0.2) is 0 Å². The molecule has 8 heavy (non-hydrogen) atoms. The summed E-state index contributed by atoms with van der Waals surface area (Å²) in [5.74, 6) is 0. The summed E-state index contributed by atoms with van der Waals surface area (Å²) in [7, 11) is 0. The van der Waals surface area contributed by atoms with Gasteiger partial charge in [0, 0.05) is 18.5 Å². The molecule has 0 radical (unpaired) electrons. The minimum atomic E-state index is -2.34. The van der Waals surface area contributed by atoms with E-state index in [0.717, 1.165) is 13.8 Å². The van der Waals surface area contributed by atoms with Gasteiger partial charge in [0.1, 0.15) is 0 Å². The van der Waals surface area contributed by atoms with Crippen molar-refractivity contribution in [3.05, 3.63) is 0 Å². The highest BCUT2D eigenvalue weighted by atomic mass is 16.5. The maximum absolute atomic E-state index is 7.51. The van der Waals surface area contributed by atoms with Crippen molar-refractivity contribution in [1.29, 1.82) is 0 Å². The predicted molar refractivity (Wildman–Crippen MR) is 32.9 cm³/mol. The third-order valence-electron chi connectivity index (χ3n) is 0.783. The highest BCUT2D eigenvalue weighted by molar-refractivity contribution is 4.66. The molecule has 0 amide bonds. The first kappa shape index (κ1) is 1.96. The van der Waals surface area contributed by atoms with Gasteiger partial charge in [-0.05, 0) is 13.8 Å². The van der Waals surface area contributed by atoms with Gasteiger partial charge in [-0.2, -0.15) is 0 Å². The smallest absolute Gasteiger partial charge is 0.0675 e. The van der Waals surface area contributed by atoms with E-state index in [1.54, 1.807) is 0 Å². The number of rotatable bonds is 0. The molecule has 0 aromatic heterocycles. The zero-order chi connectivity index (χ0) is 11.4. The monoisotopic (exact) mass is 121 g/mol. The van der Waals surface area contributed by atoms with Crippen molar-refractivity contribution in [3.63, 3.8) is 0 Å². The third-order valence-corrected chi connectivity index (χ3v) is 0.783. The van der Waals surface area contributed by atoms with E-state index in [2.05, 4.69) is 0 Å². The van der Waals surface area contributed by atoms with Gasteiger partial charge in [0.05, 0.1) is 14.9 Å². The van der Waals surface area contributed by atoms with E-state index in [4.69, 9.17) is 13.0 Å². The van der Waals surface area contributed by atoms with Gasteiger partial charge in [-0.3, -0.25) is 0 Å². The maximum atomic E-state index is 7.51. The summed E-state index contributed by atoms with van der Waals surface area (Å²) in [6, 6.07) is 0. The van der Waals surface area contributed by atoms with Gasteiger partial charge in [0.2, 0.25) is 0 Å². The van der Waals surface area contributed by atoms with Crippen LogP contribution in [0.1, 0.15) is 22.1 Å². The average Bonchev–Trinajstić information content (AvgIpc) is 1.78. The zero-order valence-electron chi connectivity index (χ0n) is 10.9. The molecule has 1 saturated heterocycles. The lowest BCUT2D eigenvalue weighted by molar-refractivity contribution is -0.0166. The summed E-state index contributed by atoms with van der Waals surface area (Å²) in [5.41, 5.74) is 0. The van der Waals surface area contributed by atoms with Gasteiger partial charge in [-0.1, -0.05) is 0 Å². The largest absolute Gasteiger partial charge is 0.373 e. The van der Waals surface area contributed by atoms with Crippen LogP contribution < -0.4 is 5.32 Å². The Kier molecular flexibility index (Phi) is 0.603. The van der Waals surface area contributed by atoms with Gasteiger partial charge in [0.25, 0.3) is 0 Å². The second-order valence-corrected chi connectivity index (χ2v) is 1.59. The maximum Gasteiger partial charge on any atom is 0.0675 e. The first-order valence-corrected chi connectivity index (χ1v) is 2.41. The van der Waals surface area contributed by atoms with Crippen molar-refractivity contribution in [2.45, 2.75) is 26.0 Å². The summed E-state index contributed by atoms with van der Waals surface area (Å²) < 4.78 is 49.4. The Morgan fingerprint density at radius 2 is 2.12 bits per heavy atom. The Bertz CT molecular complexity index is 201. The van der Waals surface area contributed by atoms with Crippen LogP contribution in [0.2, 0.25) is 0 Å². The molecule has 2 unspecified atom stereocenters. The standard InChI is InChI=1S/C6H13NO/c1-5-3-7-4-6(2)8-5/h5-7H,3-4H2,1-2H3/i3D2,4D2,5D,6D. The average molecular weight is 121 g/mol. The lowest BCUT2D eigenvalue weighted by Crippen LogP contribution is -2.41. The van der Waals surface area contributed by atoms with Gasteiger partial charge >= 0.3 is 0 Å². The van der Waals surface area contributed by atoms with E-state index in [0.29, 0.717) is 0 Å². The summed E-state index contributed by atoms with van der Waals surface area (Å²) in [4.78, 5) is 0. The van der Waals surface area contributed by atoms with Crippen molar-refractivity contribution in [2.24, 2.45) is 0 Å². The van der Waals surface area contributed by atoms with E-state index in [9.17, 15) is 0 Å². The van der Waals surface area contributed by atoms with Crippen molar-refractivity contribution in [3.8, 4) is 0 Å². The second-order valence-electron chi connectivity index (χ2n) is 1.59. The Hall–Kier alpha value is -0.0800. The highest BCUT2D eigenvalue weighted by Gasteiger charge is 2.12. The Labute approximate surface area is 58.7 Å². The molecular weight excluding hydrogens is 102 g/mol. The number of morpholine rings is 1. The molecule has 2 heteroatoms. The van der Waals surface area contributed by atoms with E-state index in [1.807, 2.05) is 5.32 Å². The fraction of sp³-hybridized carbons (Fsp3) is 1.00. The molecule has 1 aliphatic heterocycles. The normalized spacial score (nSPS) is 81.8. The van der Waals surface area contributed by atoms with Gasteiger partial charge in [-0.15, -0.1) is 0 Å². The quantitative estimate of drug-likeness (QED) is 0.500. The molecule has 1 heterocycles.